The summed E-state index contributed by atoms with van der Waals surface area (Å²) in [7, 11) is 0. The lowest BCUT2D eigenvalue weighted by atomic mass is 9.85. The van der Waals surface area contributed by atoms with E-state index in [9.17, 15) is 14.7 Å². The third-order valence-corrected chi connectivity index (χ3v) is 6.08. The maximum Gasteiger partial charge on any atom is 0.326 e. The molecule has 1 heterocycles. The molecule has 1 aliphatic carbocycles. The summed E-state index contributed by atoms with van der Waals surface area (Å²) in [5.41, 5.74) is 0. The molecule has 6 heteroatoms. The van der Waals surface area contributed by atoms with Gasteiger partial charge in [0.25, 0.3) is 0 Å². The van der Waals surface area contributed by atoms with Crippen molar-refractivity contribution < 1.29 is 14.7 Å². The van der Waals surface area contributed by atoms with Gasteiger partial charge in [-0.05, 0) is 45.3 Å². The van der Waals surface area contributed by atoms with Crippen LogP contribution in [0.25, 0.3) is 0 Å². The second-order valence-electron chi connectivity index (χ2n) is 6.73. The molecule has 1 saturated carbocycles. The van der Waals surface area contributed by atoms with Crippen LogP contribution >= 0.6 is 11.8 Å². The number of carboxylic acids is 1. The Morgan fingerprint density at radius 1 is 1.33 bits per heavy atom. The topological polar surface area (TPSA) is 69.6 Å². The Bertz CT molecular complexity index is 414. The third-order valence-electron chi connectivity index (χ3n) is 4.83. The lowest BCUT2D eigenvalue weighted by Gasteiger charge is -2.34. The van der Waals surface area contributed by atoms with Crippen molar-refractivity contribution in [3.05, 3.63) is 0 Å². The van der Waals surface area contributed by atoms with Gasteiger partial charge in [0.2, 0.25) is 0 Å². The highest BCUT2D eigenvalue weighted by molar-refractivity contribution is 7.99. The number of likely N-dealkylation sites (tertiary alicyclic amines) is 1. The summed E-state index contributed by atoms with van der Waals surface area (Å²) in [6, 6.07) is -0.758. The fourth-order valence-corrected chi connectivity index (χ4v) is 3.64. The summed E-state index contributed by atoms with van der Waals surface area (Å²) in [6.07, 6.45) is 6.86. The number of aliphatic carboxylic acids is 1. The molecular weight excluding hydrogens is 288 g/mol. The summed E-state index contributed by atoms with van der Waals surface area (Å²) in [5, 5.41) is 12.4. The van der Waals surface area contributed by atoms with Crippen LogP contribution in [0.1, 0.15) is 46.0 Å². The standard InChI is InChI=1S/C15H26N2O3S/c1-15(2,21-3)9-16-14(20)17-11-7-5-4-6-10(11)8-12(17)13(18)19/h10-12H,4-9H2,1-3H3,(H,16,20)(H,18,19). The summed E-state index contributed by atoms with van der Waals surface area (Å²) >= 11 is 1.69. The van der Waals surface area contributed by atoms with E-state index < -0.39 is 12.0 Å². The Kier molecular flexibility index (Phi) is 5.07. The predicted octanol–water partition coefficient (Wildman–Crippen LogP) is 2.56. The van der Waals surface area contributed by atoms with Crippen molar-refractivity contribution in [1.82, 2.24) is 10.2 Å². The average Bonchev–Trinajstić information content (AvgIpc) is 2.84. The molecule has 0 aromatic heterocycles. The van der Waals surface area contributed by atoms with E-state index in [1.165, 1.54) is 0 Å². The van der Waals surface area contributed by atoms with Crippen molar-refractivity contribution in [2.24, 2.45) is 5.92 Å². The zero-order valence-electron chi connectivity index (χ0n) is 13.1. The molecule has 1 aliphatic heterocycles. The number of thioether (sulfide) groups is 1. The van der Waals surface area contributed by atoms with E-state index >= 15 is 0 Å². The van der Waals surface area contributed by atoms with Gasteiger partial charge in [0, 0.05) is 17.3 Å². The zero-order chi connectivity index (χ0) is 15.6. The maximum absolute atomic E-state index is 12.5. The van der Waals surface area contributed by atoms with Crippen molar-refractivity contribution in [2.45, 2.75) is 62.8 Å². The largest absolute Gasteiger partial charge is 0.480 e. The molecule has 2 amide bonds. The van der Waals surface area contributed by atoms with E-state index in [1.807, 2.05) is 6.26 Å². The van der Waals surface area contributed by atoms with Crippen LogP contribution in [0.2, 0.25) is 0 Å². The fourth-order valence-electron chi connectivity index (χ4n) is 3.42. The molecule has 120 valence electrons. The highest BCUT2D eigenvalue weighted by Gasteiger charge is 2.47. The number of amides is 2. The lowest BCUT2D eigenvalue weighted by Crippen LogP contribution is -2.52. The molecule has 0 radical (unpaired) electrons. The highest BCUT2D eigenvalue weighted by Crippen LogP contribution is 2.39. The first kappa shape index (κ1) is 16.5. The molecular formula is C15H26N2O3S. The molecule has 2 N–H and O–H groups in total. The fraction of sp³-hybridized carbons (Fsp3) is 0.867. The van der Waals surface area contributed by atoms with Gasteiger partial charge in [-0.15, -0.1) is 0 Å². The predicted molar refractivity (Wildman–Crippen MR) is 84.6 cm³/mol. The molecule has 21 heavy (non-hydrogen) atoms. The molecule has 0 spiro atoms. The van der Waals surface area contributed by atoms with Crippen molar-refractivity contribution in [3.63, 3.8) is 0 Å². The summed E-state index contributed by atoms with van der Waals surface area (Å²) in [6.45, 7) is 4.69. The van der Waals surface area contributed by atoms with Crippen LogP contribution in [0.4, 0.5) is 4.79 Å². The van der Waals surface area contributed by atoms with Crippen LogP contribution in [0.3, 0.4) is 0 Å². The molecule has 2 fully saturated rings. The van der Waals surface area contributed by atoms with Crippen LogP contribution in [0.5, 0.6) is 0 Å². The van der Waals surface area contributed by atoms with Crippen LogP contribution in [-0.4, -0.2) is 51.6 Å². The summed E-state index contributed by atoms with van der Waals surface area (Å²) in [4.78, 5) is 25.6. The first-order chi connectivity index (χ1) is 9.85. The average molecular weight is 314 g/mol. The highest BCUT2D eigenvalue weighted by atomic mass is 32.2. The Labute approximate surface area is 130 Å². The van der Waals surface area contributed by atoms with Crippen molar-refractivity contribution in [3.8, 4) is 0 Å². The van der Waals surface area contributed by atoms with Gasteiger partial charge >= 0.3 is 12.0 Å². The molecule has 0 aromatic rings. The van der Waals surface area contributed by atoms with Gasteiger partial charge in [-0.2, -0.15) is 11.8 Å². The first-order valence-corrected chi connectivity index (χ1v) is 8.92. The third kappa shape index (κ3) is 3.65. The second kappa shape index (κ2) is 6.46. The van der Waals surface area contributed by atoms with Gasteiger partial charge in [-0.1, -0.05) is 12.8 Å². The Morgan fingerprint density at radius 3 is 2.62 bits per heavy atom. The van der Waals surface area contributed by atoms with Crippen LogP contribution < -0.4 is 5.32 Å². The van der Waals surface area contributed by atoms with Crippen molar-refractivity contribution in [1.29, 1.82) is 0 Å². The van der Waals surface area contributed by atoms with E-state index in [0.717, 1.165) is 25.7 Å². The van der Waals surface area contributed by atoms with Gasteiger partial charge in [-0.25, -0.2) is 9.59 Å². The molecule has 0 aromatic carbocycles. The van der Waals surface area contributed by atoms with Gasteiger partial charge in [0.1, 0.15) is 6.04 Å². The number of carbonyl (C=O) groups excluding carboxylic acids is 1. The lowest BCUT2D eigenvalue weighted by molar-refractivity contribution is -0.141. The normalized spacial score (nSPS) is 29.1. The van der Waals surface area contributed by atoms with Gasteiger partial charge in [0.15, 0.2) is 0 Å². The minimum atomic E-state index is -0.872. The van der Waals surface area contributed by atoms with Gasteiger partial charge in [-0.3, -0.25) is 0 Å². The minimum Gasteiger partial charge on any atom is -0.480 e. The number of urea groups is 1. The number of fused-ring (bicyclic) bond motifs is 1. The Morgan fingerprint density at radius 2 is 2.00 bits per heavy atom. The van der Waals surface area contributed by atoms with Crippen LogP contribution in [-0.2, 0) is 4.79 Å². The number of hydrogen-bond acceptors (Lipinski definition) is 3. The maximum atomic E-state index is 12.5. The smallest absolute Gasteiger partial charge is 0.326 e. The number of nitrogens with one attached hydrogen (secondary N) is 1. The first-order valence-electron chi connectivity index (χ1n) is 7.70. The number of carboxylic acid groups (broad SMARTS) is 1. The minimum absolute atomic E-state index is 0.0416. The van der Waals surface area contributed by atoms with E-state index in [0.29, 0.717) is 18.9 Å². The van der Waals surface area contributed by atoms with E-state index in [1.54, 1.807) is 16.7 Å². The quantitative estimate of drug-likeness (QED) is 0.836. The zero-order valence-corrected chi connectivity index (χ0v) is 13.9. The van der Waals surface area contributed by atoms with Gasteiger partial charge in [0.05, 0.1) is 0 Å². The number of carbonyl (C=O) groups is 2. The van der Waals surface area contributed by atoms with Crippen LogP contribution in [0, 0.1) is 5.92 Å². The second-order valence-corrected chi connectivity index (χ2v) is 8.24. The molecule has 2 rings (SSSR count). The summed E-state index contributed by atoms with van der Waals surface area (Å²) < 4.78 is -0.0416. The number of hydrogen-bond donors (Lipinski definition) is 2. The molecule has 0 bridgehead atoms. The number of rotatable bonds is 4. The Hall–Kier alpha value is -0.910. The molecule has 5 nitrogen and oxygen atoms in total. The van der Waals surface area contributed by atoms with Gasteiger partial charge < -0.3 is 15.3 Å². The van der Waals surface area contributed by atoms with Crippen LogP contribution in [0.15, 0.2) is 0 Å². The SMILES string of the molecule is CSC(C)(C)CNC(=O)N1C(C(=O)O)CC2CCCCC21. The molecule has 2 aliphatic rings. The number of nitrogens with zero attached hydrogens (tertiary/aromatic N) is 1. The van der Waals surface area contributed by atoms with E-state index in [2.05, 4.69) is 19.2 Å². The summed E-state index contributed by atoms with van der Waals surface area (Å²) in [5.74, 6) is -0.511. The molecule has 3 unspecified atom stereocenters. The van der Waals surface area contributed by atoms with Crippen molar-refractivity contribution >= 4 is 23.8 Å². The Balaban J connectivity index is 2.06. The molecule has 1 saturated heterocycles. The monoisotopic (exact) mass is 314 g/mol. The van der Waals surface area contributed by atoms with E-state index in [4.69, 9.17) is 0 Å². The molecule has 3 atom stereocenters. The van der Waals surface area contributed by atoms with Crippen molar-refractivity contribution in [2.75, 3.05) is 12.8 Å². The van der Waals surface area contributed by atoms with E-state index in [-0.39, 0.29) is 16.8 Å².